The zero-order valence-electron chi connectivity index (χ0n) is 21.4. The van der Waals surface area contributed by atoms with Crippen molar-refractivity contribution in [3.63, 3.8) is 0 Å². The van der Waals surface area contributed by atoms with E-state index in [9.17, 15) is 4.79 Å². The maximum absolute atomic E-state index is 15.6. The van der Waals surface area contributed by atoms with Gasteiger partial charge in [0.2, 0.25) is 5.78 Å². The average Bonchev–Trinajstić information content (AvgIpc) is 3.35. The van der Waals surface area contributed by atoms with Crippen LogP contribution in [0, 0.1) is 5.82 Å². The Morgan fingerprint density at radius 1 is 1.14 bits per heavy atom. The number of halogens is 1. The van der Waals surface area contributed by atoms with Crippen LogP contribution >= 0.6 is 0 Å². The number of Topliss-reactive ketones (excluding diaryl/α,β-unsaturated/α-hetero) is 1. The molecule has 0 amide bonds. The number of imidazole rings is 1. The topological polar surface area (TPSA) is 59.4 Å². The molecule has 0 saturated heterocycles. The quantitative estimate of drug-likeness (QED) is 0.345. The van der Waals surface area contributed by atoms with E-state index in [4.69, 9.17) is 4.74 Å². The van der Waals surface area contributed by atoms with Crippen LogP contribution in [-0.2, 0) is 13.1 Å². The van der Waals surface area contributed by atoms with Gasteiger partial charge in [-0.25, -0.2) is 9.37 Å². The maximum atomic E-state index is 15.6. The summed E-state index contributed by atoms with van der Waals surface area (Å²) < 4.78 is 22.6. The fourth-order valence-electron chi connectivity index (χ4n) is 5.01. The number of nitrogens with one attached hydrogen (secondary N) is 1. The fourth-order valence-corrected chi connectivity index (χ4v) is 5.01. The Balaban J connectivity index is 1.44. The van der Waals surface area contributed by atoms with Crippen LogP contribution in [-0.4, -0.2) is 40.9 Å². The van der Waals surface area contributed by atoms with Gasteiger partial charge in [0, 0.05) is 24.3 Å². The first-order valence-electron chi connectivity index (χ1n) is 12.5. The molecule has 0 bridgehead atoms. The second-order valence-corrected chi connectivity index (χ2v) is 9.42. The van der Waals surface area contributed by atoms with E-state index in [0.29, 0.717) is 23.5 Å². The zero-order valence-corrected chi connectivity index (χ0v) is 21.4. The molecule has 1 unspecified atom stereocenters. The van der Waals surface area contributed by atoms with Gasteiger partial charge < -0.3 is 9.64 Å². The van der Waals surface area contributed by atoms with Crippen molar-refractivity contribution in [2.45, 2.75) is 32.5 Å². The summed E-state index contributed by atoms with van der Waals surface area (Å²) >= 11 is 0. The largest absolute Gasteiger partial charge is 0.497 e. The van der Waals surface area contributed by atoms with Crippen LogP contribution in [0.4, 0.5) is 4.39 Å². The van der Waals surface area contributed by atoms with E-state index < -0.39 is 11.9 Å². The van der Waals surface area contributed by atoms with Gasteiger partial charge in [-0.2, -0.15) is 0 Å². The van der Waals surface area contributed by atoms with Gasteiger partial charge in [0.1, 0.15) is 29.6 Å². The Hall–Kier alpha value is -3.81. The predicted octanol–water partition coefficient (Wildman–Crippen LogP) is 5.56. The first kappa shape index (κ1) is 24.9. The van der Waals surface area contributed by atoms with E-state index in [-0.39, 0.29) is 5.78 Å². The minimum absolute atomic E-state index is 0.206. The minimum Gasteiger partial charge on any atom is -0.497 e. The van der Waals surface area contributed by atoms with Gasteiger partial charge >= 0.3 is 0 Å². The second kappa shape index (κ2) is 10.7. The number of carbonyl (C=O) groups excluding carboxylic acids is 1. The molecule has 1 N–H and O–H groups in total. The summed E-state index contributed by atoms with van der Waals surface area (Å²) in [5, 5.41) is 3.18. The maximum Gasteiger partial charge on any atom is 0.203 e. The van der Waals surface area contributed by atoms with Gasteiger partial charge in [0.15, 0.2) is 0 Å². The van der Waals surface area contributed by atoms with Crippen LogP contribution in [0.1, 0.15) is 46.7 Å². The summed E-state index contributed by atoms with van der Waals surface area (Å²) in [5.41, 5.74) is 5.20. The fraction of sp³-hybridized carbons (Fsp3) is 0.267. The number of fused-ring (bicyclic) bond motifs is 1. The van der Waals surface area contributed by atoms with Gasteiger partial charge in [-0.15, -0.1) is 0 Å². The number of ether oxygens (including phenoxy) is 1. The zero-order chi connectivity index (χ0) is 25.9. The van der Waals surface area contributed by atoms with Crippen molar-refractivity contribution in [3.8, 4) is 22.6 Å². The van der Waals surface area contributed by atoms with E-state index in [2.05, 4.69) is 35.2 Å². The normalized spacial score (nSPS) is 15.2. The third-order valence-corrected chi connectivity index (χ3v) is 6.85. The molecule has 1 aliphatic rings. The Kier molecular flexibility index (Phi) is 7.17. The lowest BCUT2D eigenvalue weighted by molar-refractivity contribution is 0.0920. The first-order chi connectivity index (χ1) is 18.0. The number of rotatable bonds is 8. The van der Waals surface area contributed by atoms with E-state index in [0.717, 1.165) is 47.6 Å². The van der Waals surface area contributed by atoms with Crippen LogP contribution in [0.25, 0.3) is 16.8 Å². The monoisotopic (exact) mass is 498 g/mol. The van der Waals surface area contributed by atoms with Gasteiger partial charge in [0.05, 0.1) is 12.8 Å². The Labute approximate surface area is 216 Å². The highest BCUT2D eigenvalue weighted by molar-refractivity contribution is 6.01. The standard InChI is InChI=1S/C30H31FN4O2/c1-4-15-34(2)18-21-7-5-6-8-24(21)20-9-14-25(26(31)16-20)28-30(36)29-27(17-32-28)33-19-35(29)22-10-12-23(37-3)13-11-22/h5-14,16,19,28,32H,4,15,17-18H2,1-3H3. The highest BCUT2D eigenvalue weighted by atomic mass is 19.1. The highest BCUT2D eigenvalue weighted by Crippen LogP contribution is 2.32. The van der Waals surface area contributed by atoms with E-state index in [1.807, 2.05) is 48.5 Å². The molecule has 6 nitrogen and oxygen atoms in total. The highest BCUT2D eigenvalue weighted by Gasteiger charge is 2.34. The van der Waals surface area contributed by atoms with Gasteiger partial charge in [0.25, 0.3) is 0 Å². The van der Waals surface area contributed by atoms with Crippen LogP contribution in [0.2, 0.25) is 0 Å². The van der Waals surface area contributed by atoms with Crippen LogP contribution in [0.5, 0.6) is 5.75 Å². The number of ketones is 1. The van der Waals surface area contributed by atoms with Crippen molar-refractivity contribution >= 4 is 5.78 Å². The molecule has 4 aromatic rings. The minimum atomic E-state index is -0.791. The molecule has 0 saturated carbocycles. The summed E-state index contributed by atoms with van der Waals surface area (Å²) in [5.74, 6) is 0.117. The van der Waals surface area contributed by atoms with Gasteiger partial charge in [-0.1, -0.05) is 43.3 Å². The molecule has 37 heavy (non-hydrogen) atoms. The number of hydrogen-bond acceptors (Lipinski definition) is 5. The van der Waals surface area contributed by atoms with Gasteiger partial charge in [-0.3, -0.25) is 14.7 Å². The SMILES string of the molecule is CCCN(C)Cc1ccccc1-c1ccc(C2NCc3ncn(-c4ccc(OC)cc4)c3C2=O)c(F)c1. The average molecular weight is 499 g/mol. The lowest BCUT2D eigenvalue weighted by atomic mass is 9.92. The van der Waals surface area contributed by atoms with Crippen molar-refractivity contribution in [3.05, 3.63) is 101 Å². The molecule has 0 spiro atoms. The van der Waals surface area contributed by atoms with Crippen molar-refractivity contribution in [1.29, 1.82) is 0 Å². The van der Waals surface area contributed by atoms with Gasteiger partial charge in [-0.05, 0) is 67.0 Å². The van der Waals surface area contributed by atoms with E-state index >= 15 is 4.39 Å². The number of benzene rings is 3. The van der Waals surface area contributed by atoms with Crippen molar-refractivity contribution < 1.29 is 13.9 Å². The number of carbonyl (C=O) groups is 1. The third kappa shape index (κ3) is 4.92. The summed E-state index contributed by atoms with van der Waals surface area (Å²) in [7, 11) is 3.70. The van der Waals surface area contributed by atoms with E-state index in [1.54, 1.807) is 30.1 Å². The molecule has 1 aliphatic heterocycles. The molecular weight excluding hydrogens is 467 g/mol. The molecule has 2 heterocycles. The molecule has 7 heteroatoms. The van der Waals surface area contributed by atoms with Crippen molar-refractivity contribution in [1.82, 2.24) is 19.8 Å². The van der Waals surface area contributed by atoms with Crippen LogP contribution < -0.4 is 10.1 Å². The Morgan fingerprint density at radius 3 is 2.65 bits per heavy atom. The van der Waals surface area contributed by atoms with Crippen molar-refractivity contribution in [2.75, 3.05) is 20.7 Å². The Morgan fingerprint density at radius 2 is 1.92 bits per heavy atom. The lowest BCUT2D eigenvalue weighted by Crippen LogP contribution is -2.36. The molecule has 1 atom stereocenters. The lowest BCUT2D eigenvalue weighted by Gasteiger charge is -2.24. The molecule has 3 aromatic carbocycles. The predicted molar refractivity (Wildman–Crippen MR) is 142 cm³/mol. The third-order valence-electron chi connectivity index (χ3n) is 6.85. The second-order valence-electron chi connectivity index (χ2n) is 9.42. The number of aromatic nitrogens is 2. The molecule has 5 rings (SSSR count). The van der Waals surface area contributed by atoms with Crippen LogP contribution in [0.15, 0.2) is 73.1 Å². The molecule has 0 radical (unpaired) electrons. The smallest absolute Gasteiger partial charge is 0.203 e. The molecule has 1 aromatic heterocycles. The number of methoxy groups -OCH3 is 1. The summed E-state index contributed by atoms with van der Waals surface area (Å²) in [4.78, 5) is 20.3. The number of hydrogen-bond donors (Lipinski definition) is 1. The summed E-state index contributed by atoms with van der Waals surface area (Å²) in [6.45, 7) is 4.31. The summed E-state index contributed by atoms with van der Waals surface area (Å²) in [6, 6.07) is 19.9. The molecular formula is C30H31FN4O2. The van der Waals surface area contributed by atoms with Crippen LogP contribution in [0.3, 0.4) is 0 Å². The first-order valence-corrected chi connectivity index (χ1v) is 12.5. The molecule has 0 aliphatic carbocycles. The molecule has 0 fully saturated rings. The van der Waals surface area contributed by atoms with E-state index in [1.165, 1.54) is 0 Å². The number of nitrogens with zero attached hydrogens (tertiary/aromatic N) is 3. The van der Waals surface area contributed by atoms with Crippen molar-refractivity contribution in [2.24, 2.45) is 0 Å². The Bertz CT molecular complexity index is 1410. The molecule has 190 valence electrons. The summed E-state index contributed by atoms with van der Waals surface area (Å²) in [6.07, 6.45) is 2.71.